The first-order valence-corrected chi connectivity index (χ1v) is 8.86. The van der Waals surface area contributed by atoms with Crippen LogP contribution < -0.4 is 5.32 Å². The van der Waals surface area contributed by atoms with Crippen molar-refractivity contribution in [2.75, 3.05) is 13.1 Å². The standard InChI is InChI=1S/C19H26N2O4/c1-2-7-16(20-17(22)12-14-8-4-3-5-9-14)18(23)21-11-6-10-15(13-21)19(24)25/h3-5,8-9,15-16H,2,6-7,10-13H2,1H3,(H,20,22)(H,24,25)/t15-,16?/m0/s1. The summed E-state index contributed by atoms with van der Waals surface area (Å²) in [6.07, 6.45) is 2.81. The number of hydrogen-bond acceptors (Lipinski definition) is 3. The molecule has 1 fully saturated rings. The Labute approximate surface area is 148 Å². The highest BCUT2D eigenvalue weighted by atomic mass is 16.4. The van der Waals surface area contributed by atoms with E-state index in [2.05, 4.69) is 5.32 Å². The lowest BCUT2D eigenvalue weighted by Gasteiger charge is -2.33. The number of likely N-dealkylation sites (tertiary alicyclic amines) is 1. The molecule has 0 radical (unpaired) electrons. The normalized spacial score (nSPS) is 18.4. The summed E-state index contributed by atoms with van der Waals surface area (Å²) in [5, 5.41) is 12.0. The van der Waals surface area contributed by atoms with Gasteiger partial charge in [0.1, 0.15) is 6.04 Å². The number of carboxylic acid groups (broad SMARTS) is 1. The molecule has 25 heavy (non-hydrogen) atoms. The van der Waals surface area contributed by atoms with Crippen molar-refractivity contribution in [3.05, 3.63) is 35.9 Å². The van der Waals surface area contributed by atoms with Gasteiger partial charge in [0.15, 0.2) is 0 Å². The quantitative estimate of drug-likeness (QED) is 0.789. The molecule has 1 heterocycles. The van der Waals surface area contributed by atoms with Crippen LogP contribution in [0.4, 0.5) is 0 Å². The monoisotopic (exact) mass is 346 g/mol. The highest BCUT2D eigenvalue weighted by Gasteiger charge is 2.32. The van der Waals surface area contributed by atoms with E-state index >= 15 is 0 Å². The van der Waals surface area contributed by atoms with Gasteiger partial charge in [0, 0.05) is 13.1 Å². The molecule has 136 valence electrons. The smallest absolute Gasteiger partial charge is 0.308 e. The Morgan fingerprint density at radius 3 is 2.64 bits per heavy atom. The molecular weight excluding hydrogens is 320 g/mol. The minimum Gasteiger partial charge on any atom is -0.481 e. The zero-order valence-corrected chi connectivity index (χ0v) is 14.6. The predicted octanol–water partition coefficient (Wildman–Crippen LogP) is 1.84. The fourth-order valence-electron chi connectivity index (χ4n) is 3.17. The molecule has 0 saturated carbocycles. The number of carbonyl (C=O) groups is 3. The Morgan fingerprint density at radius 2 is 2.00 bits per heavy atom. The van der Waals surface area contributed by atoms with Crippen molar-refractivity contribution >= 4 is 17.8 Å². The van der Waals surface area contributed by atoms with Gasteiger partial charge in [0.2, 0.25) is 11.8 Å². The summed E-state index contributed by atoms with van der Waals surface area (Å²) in [5.41, 5.74) is 0.895. The van der Waals surface area contributed by atoms with Crippen LogP contribution in [-0.2, 0) is 20.8 Å². The number of nitrogens with zero attached hydrogens (tertiary/aromatic N) is 1. The Balaban J connectivity index is 1.97. The van der Waals surface area contributed by atoms with Gasteiger partial charge in [-0.1, -0.05) is 43.7 Å². The van der Waals surface area contributed by atoms with E-state index in [-0.39, 0.29) is 24.8 Å². The largest absolute Gasteiger partial charge is 0.481 e. The Morgan fingerprint density at radius 1 is 1.28 bits per heavy atom. The van der Waals surface area contributed by atoms with Crippen LogP contribution in [0.5, 0.6) is 0 Å². The van der Waals surface area contributed by atoms with Crippen LogP contribution in [0.25, 0.3) is 0 Å². The molecule has 1 aliphatic rings. The number of nitrogens with one attached hydrogen (secondary N) is 1. The number of hydrogen-bond donors (Lipinski definition) is 2. The number of carbonyl (C=O) groups excluding carboxylic acids is 2. The number of rotatable bonds is 7. The van der Waals surface area contributed by atoms with E-state index < -0.39 is 17.9 Å². The molecule has 1 aromatic carbocycles. The average Bonchev–Trinajstić information content (AvgIpc) is 2.61. The summed E-state index contributed by atoms with van der Waals surface area (Å²) in [4.78, 5) is 37.8. The molecule has 2 atom stereocenters. The van der Waals surface area contributed by atoms with Gasteiger partial charge in [-0.3, -0.25) is 14.4 Å². The number of benzene rings is 1. The first-order valence-electron chi connectivity index (χ1n) is 8.86. The molecule has 0 aliphatic carbocycles. The molecule has 1 aromatic rings. The summed E-state index contributed by atoms with van der Waals surface area (Å²) in [7, 11) is 0. The van der Waals surface area contributed by atoms with Crippen molar-refractivity contribution in [3.8, 4) is 0 Å². The average molecular weight is 346 g/mol. The van der Waals surface area contributed by atoms with Gasteiger partial charge in [-0.2, -0.15) is 0 Å². The van der Waals surface area contributed by atoms with E-state index in [9.17, 15) is 19.5 Å². The lowest BCUT2D eigenvalue weighted by atomic mass is 9.97. The SMILES string of the molecule is CCCC(NC(=O)Cc1ccccc1)C(=O)N1CCC[C@H](C(=O)O)C1. The van der Waals surface area contributed by atoms with Crippen molar-refractivity contribution in [1.29, 1.82) is 0 Å². The fraction of sp³-hybridized carbons (Fsp3) is 0.526. The van der Waals surface area contributed by atoms with Gasteiger partial charge >= 0.3 is 5.97 Å². The van der Waals surface area contributed by atoms with Gasteiger partial charge in [-0.15, -0.1) is 0 Å². The molecule has 1 aliphatic heterocycles. The lowest BCUT2D eigenvalue weighted by molar-refractivity contribution is -0.147. The fourth-order valence-corrected chi connectivity index (χ4v) is 3.17. The third kappa shape index (κ3) is 5.59. The Bertz CT molecular complexity index is 603. The lowest BCUT2D eigenvalue weighted by Crippen LogP contribution is -2.52. The molecule has 2 amide bonds. The van der Waals surface area contributed by atoms with E-state index in [1.807, 2.05) is 37.3 Å². The van der Waals surface area contributed by atoms with E-state index in [0.29, 0.717) is 25.8 Å². The van der Waals surface area contributed by atoms with E-state index in [0.717, 1.165) is 12.0 Å². The van der Waals surface area contributed by atoms with Crippen molar-refractivity contribution in [3.63, 3.8) is 0 Å². The van der Waals surface area contributed by atoms with Crippen LogP contribution in [0.1, 0.15) is 38.2 Å². The summed E-state index contributed by atoms with van der Waals surface area (Å²) < 4.78 is 0. The van der Waals surface area contributed by atoms with Crippen LogP contribution in [0.3, 0.4) is 0 Å². The minimum absolute atomic E-state index is 0.172. The third-order valence-electron chi connectivity index (χ3n) is 4.50. The van der Waals surface area contributed by atoms with Gasteiger partial charge in [0.05, 0.1) is 12.3 Å². The Hall–Kier alpha value is -2.37. The van der Waals surface area contributed by atoms with Crippen LogP contribution >= 0.6 is 0 Å². The van der Waals surface area contributed by atoms with Crippen molar-refractivity contribution in [1.82, 2.24) is 10.2 Å². The molecule has 0 aromatic heterocycles. The molecule has 2 N–H and O–H groups in total. The molecule has 1 saturated heterocycles. The zero-order valence-electron chi connectivity index (χ0n) is 14.6. The number of amides is 2. The summed E-state index contributed by atoms with van der Waals surface area (Å²) in [5.74, 6) is -1.74. The van der Waals surface area contributed by atoms with Crippen LogP contribution in [0, 0.1) is 5.92 Å². The second kappa shape index (κ2) is 9.20. The first-order chi connectivity index (χ1) is 12.0. The second-order valence-electron chi connectivity index (χ2n) is 6.53. The summed E-state index contributed by atoms with van der Waals surface area (Å²) >= 11 is 0. The molecule has 2 rings (SSSR count). The molecular formula is C19H26N2O4. The molecule has 0 spiro atoms. The summed E-state index contributed by atoms with van der Waals surface area (Å²) in [6.45, 7) is 2.74. The minimum atomic E-state index is -0.863. The predicted molar refractivity (Wildman–Crippen MR) is 93.9 cm³/mol. The molecule has 1 unspecified atom stereocenters. The van der Waals surface area contributed by atoms with Crippen molar-refractivity contribution in [2.45, 2.75) is 45.1 Å². The maximum Gasteiger partial charge on any atom is 0.308 e. The van der Waals surface area contributed by atoms with Crippen LogP contribution in [0.2, 0.25) is 0 Å². The third-order valence-corrected chi connectivity index (χ3v) is 4.50. The molecule has 0 bridgehead atoms. The van der Waals surface area contributed by atoms with Crippen LogP contribution in [0.15, 0.2) is 30.3 Å². The molecule has 6 heteroatoms. The van der Waals surface area contributed by atoms with E-state index in [4.69, 9.17) is 0 Å². The highest BCUT2D eigenvalue weighted by molar-refractivity contribution is 5.88. The van der Waals surface area contributed by atoms with E-state index in [1.54, 1.807) is 4.90 Å². The maximum absolute atomic E-state index is 12.8. The number of piperidine rings is 1. The van der Waals surface area contributed by atoms with Crippen LogP contribution in [-0.4, -0.2) is 46.9 Å². The second-order valence-corrected chi connectivity index (χ2v) is 6.53. The first kappa shape index (κ1) is 19.0. The van der Waals surface area contributed by atoms with Gasteiger partial charge in [-0.25, -0.2) is 0 Å². The Kier molecular flexibility index (Phi) is 6.98. The van der Waals surface area contributed by atoms with Gasteiger partial charge < -0.3 is 15.3 Å². The molecule has 6 nitrogen and oxygen atoms in total. The van der Waals surface area contributed by atoms with E-state index in [1.165, 1.54) is 0 Å². The topological polar surface area (TPSA) is 86.7 Å². The summed E-state index contributed by atoms with van der Waals surface area (Å²) in [6, 6.07) is 8.79. The van der Waals surface area contributed by atoms with Gasteiger partial charge in [-0.05, 0) is 24.8 Å². The maximum atomic E-state index is 12.8. The number of aliphatic carboxylic acids is 1. The highest BCUT2D eigenvalue weighted by Crippen LogP contribution is 2.18. The zero-order chi connectivity index (χ0) is 18.2. The number of carboxylic acids is 1. The van der Waals surface area contributed by atoms with Crippen molar-refractivity contribution in [2.24, 2.45) is 5.92 Å². The van der Waals surface area contributed by atoms with Gasteiger partial charge in [0.25, 0.3) is 0 Å². The van der Waals surface area contributed by atoms with Crippen molar-refractivity contribution < 1.29 is 19.5 Å².